The molecule has 1 heterocycles. The molecule has 0 aromatic heterocycles. The number of methoxy groups -OCH3 is 1. The van der Waals surface area contributed by atoms with Crippen LogP contribution in [0.5, 0.6) is 0 Å². The molecule has 0 bridgehead atoms. The molecule has 0 amide bonds. The van der Waals surface area contributed by atoms with Gasteiger partial charge in [-0.15, -0.1) is 12.4 Å². The van der Waals surface area contributed by atoms with Crippen LogP contribution < -0.4 is 5.32 Å². The summed E-state index contributed by atoms with van der Waals surface area (Å²) in [6, 6.07) is 0. The molecule has 1 rings (SSSR count). The summed E-state index contributed by atoms with van der Waals surface area (Å²) in [7, 11) is 1.35. The second-order valence-electron chi connectivity index (χ2n) is 2.51. The van der Waals surface area contributed by atoms with E-state index in [1.54, 1.807) is 0 Å². The monoisotopic (exact) mass is 195 g/mol. The Bertz CT molecular complexity index is 93.7. The summed E-state index contributed by atoms with van der Waals surface area (Å²) in [5, 5.41) is 3.28. The first-order chi connectivity index (χ1) is 5.27. The molecule has 0 aliphatic carbocycles. The van der Waals surface area contributed by atoms with Gasteiger partial charge in [-0.1, -0.05) is 6.42 Å². The Hall–Kier alpha value is -0.280. The van der Waals surface area contributed by atoms with Gasteiger partial charge in [0, 0.05) is 6.92 Å². The Kier molecular flexibility index (Phi) is 12.7. The minimum Gasteiger partial charge on any atom is -0.469 e. The third kappa shape index (κ3) is 12.4. The third-order valence-corrected chi connectivity index (χ3v) is 1.49. The van der Waals surface area contributed by atoms with Crippen LogP contribution in [-0.4, -0.2) is 26.2 Å². The van der Waals surface area contributed by atoms with Crippen molar-refractivity contribution < 1.29 is 9.53 Å². The topological polar surface area (TPSA) is 38.3 Å². The smallest absolute Gasteiger partial charge is 0.302 e. The molecule has 1 aliphatic heterocycles. The molecule has 0 aromatic carbocycles. The molecule has 1 fully saturated rings. The minimum absolute atomic E-state index is 0. The van der Waals surface area contributed by atoms with E-state index in [-0.39, 0.29) is 18.4 Å². The zero-order chi connectivity index (χ0) is 8.53. The van der Waals surface area contributed by atoms with Crippen LogP contribution in [0.1, 0.15) is 26.2 Å². The molecule has 1 N–H and O–H groups in total. The highest BCUT2D eigenvalue weighted by Crippen LogP contribution is 1.96. The summed E-state index contributed by atoms with van der Waals surface area (Å²) in [4.78, 5) is 9.59. The van der Waals surface area contributed by atoms with Gasteiger partial charge in [0.15, 0.2) is 0 Å². The summed E-state index contributed by atoms with van der Waals surface area (Å²) in [6.07, 6.45) is 4.22. The lowest BCUT2D eigenvalue weighted by Crippen LogP contribution is -2.21. The number of nitrogens with one attached hydrogen (secondary N) is 1. The lowest BCUT2D eigenvalue weighted by molar-refractivity contribution is -0.137. The highest BCUT2D eigenvalue weighted by Gasteiger charge is 1.93. The fourth-order valence-electron chi connectivity index (χ4n) is 0.802. The first-order valence-corrected chi connectivity index (χ1v) is 4.02. The highest BCUT2D eigenvalue weighted by atomic mass is 35.5. The van der Waals surface area contributed by atoms with Gasteiger partial charge in [0.1, 0.15) is 0 Å². The Balaban J connectivity index is 0. The van der Waals surface area contributed by atoms with E-state index in [0.717, 1.165) is 0 Å². The first-order valence-electron chi connectivity index (χ1n) is 4.02. The van der Waals surface area contributed by atoms with Crippen molar-refractivity contribution in [2.45, 2.75) is 26.2 Å². The van der Waals surface area contributed by atoms with Gasteiger partial charge in [-0.05, 0) is 25.9 Å². The Morgan fingerprint density at radius 2 is 1.67 bits per heavy atom. The molecule has 74 valence electrons. The fraction of sp³-hybridized carbons (Fsp3) is 0.875. The number of hydrogen-bond acceptors (Lipinski definition) is 3. The van der Waals surface area contributed by atoms with Gasteiger partial charge >= 0.3 is 5.97 Å². The molecule has 0 atom stereocenters. The molecular formula is C8H18ClNO2. The average molecular weight is 196 g/mol. The lowest BCUT2D eigenvalue weighted by atomic mass is 10.2. The molecule has 1 saturated heterocycles. The summed E-state index contributed by atoms with van der Waals surface area (Å²) < 4.78 is 4.11. The van der Waals surface area contributed by atoms with Crippen LogP contribution in [0, 0.1) is 0 Å². The number of esters is 1. The van der Waals surface area contributed by atoms with Crippen molar-refractivity contribution in [3.63, 3.8) is 0 Å². The molecule has 12 heavy (non-hydrogen) atoms. The number of rotatable bonds is 0. The number of carbonyl (C=O) groups is 1. The molecule has 0 radical (unpaired) electrons. The van der Waals surface area contributed by atoms with Crippen LogP contribution in [-0.2, 0) is 9.53 Å². The van der Waals surface area contributed by atoms with Crippen molar-refractivity contribution in [2.24, 2.45) is 0 Å². The van der Waals surface area contributed by atoms with Gasteiger partial charge in [-0.2, -0.15) is 0 Å². The SMILES string of the molecule is C1CCNCC1.COC(C)=O.Cl. The molecule has 1 aliphatic rings. The number of halogens is 1. The summed E-state index contributed by atoms with van der Waals surface area (Å²) in [6.45, 7) is 3.86. The van der Waals surface area contributed by atoms with Crippen molar-refractivity contribution >= 4 is 18.4 Å². The van der Waals surface area contributed by atoms with Gasteiger partial charge < -0.3 is 10.1 Å². The van der Waals surface area contributed by atoms with Gasteiger partial charge in [0.25, 0.3) is 0 Å². The zero-order valence-electron chi connectivity index (χ0n) is 7.76. The maximum atomic E-state index is 9.59. The summed E-state index contributed by atoms with van der Waals surface area (Å²) >= 11 is 0. The zero-order valence-corrected chi connectivity index (χ0v) is 8.58. The van der Waals surface area contributed by atoms with Crippen molar-refractivity contribution in [3.8, 4) is 0 Å². The quantitative estimate of drug-likeness (QED) is 0.594. The second kappa shape index (κ2) is 10.7. The highest BCUT2D eigenvalue weighted by molar-refractivity contribution is 5.85. The van der Waals surface area contributed by atoms with Crippen LogP contribution >= 0.6 is 12.4 Å². The molecule has 4 heteroatoms. The number of carbonyl (C=O) groups excluding carboxylic acids is 1. The van der Waals surface area contributed by atoms with E-state index < -0.39 is 0 Å². The Morgan fingerprint density at radius 3 is 1.75 bits per heavy atom. The predicted molar refractivity (Wildman–Crippen MR) is 51.7 cm³/mol. The Morgan fingerprint density at radius 1 is 1.25 bits per heavy atom. The molecule has 0 aromatic rings. The first kappa shape index (κ1) is 14.3. The third-order valence-electron chi connectivity index (χ3n) is 1.49. The maximum absolute atomic E-state index is 9.59. The predicted octanol–water partition coefficient (Wildman–Crippen LogP) is 1.36. The molecule has 0 saturated carbocycles. The number of piperidine rings is 1. The van der Waals surface area contributed by atoms with Crippen LogP contribution in [0.3, 0.4) is 0 Å². The van der Waals surface area contributed by atoms with Crippen molar-refractivity contribution in [3.05, 3.63) is 0 Å². The Labute approximate surface area is 80.3 Å². The van der Waals surface area contributed by atoms with E-state index in [0.29, 0.717) is 0 Å². The molecular weight excluding hydrogens is 178 g/mol. The van der Waals surface area contributed by atoms with Crippen molar-refractivity contribution in [1.82, 2.24) is 5.32 Å². The van der Waals surface area contributed by atoms with E-state index in [2.05, 4.69) is 10.1 Å². The average Bonchev–Trinajstić information content (AvgIpc) is 2.09. The van der Waals surface area contributed by atoms with Crippen molar-refractivity contribution in [2.75, 3.05) is 20.2 Å². The molecule has 3 nitrogen and oxygen atoms in total. The van der Waals surface area contributed by atoms with Gasteiger partial charge in [0.2, 0.25) is 0 Å². The van der Waals surface area contributed by atoms with Gasteiger partial charge in [-0.25, -0.2) is 0 Å². The van der Waals surface area contributed by atoms with E-state index >= 15 is 0 Å². The maximum Gasteiger partial charge on any atom is 0.302 e. The van der Waals surface area contributed by atoms with Crippen LogP contribution in [0.2, 0.25) is 0 Å². The number of ether oxygens (including phenoxy) is 1. The summed E-state index contributed by atoms with van der Waals surface area (Å²) in [5.41, 5.74) is 0. The van der Waals surface area contributed by atoms with E-state index in [9.17, 15) is 4.79 Å². The van der Waals surface area contributed by atoms with Crippen LogP contribution in [0.15, 0.2) is 0 Å². The molecule has 0 spiro atoms. The standard InChI is InChI=1S/C5H11N.C3H6O2.ClH/c1-2-4-6-5-3-1;1-3(4)5-2;/h6H,1-5H2;1-2H3;1H. The second-order valence-corrected chi connectivity index (χ2v) is 2.51. The van der Waals surface area contributed by atoms with Gasteiger partial charge in [-0.3, -0.25) is 4.79 Å². The van der Waals surface area contributed by atoms with Crippen LogP contribution in [0.25, 0.3) is 0 Å². The normalized spacial score (nSPS) is 14.8. The van der Waals surface area contributed by atoms with Crippen molar-refractivity contribution in [1.29, 1.82) is 0 Å². The minimum atomic E-state index is -0.245. The van der Waals surface area contributed by atoms with E-state index in [4.69, 9.17) is 0 Å². The van der Waals surface area contributed by atoms with E-state index in [1.807, 2.05) is 0 Å². The van der Waals surface area contributed by atoms with E-state index in [1.165, 1.54) is 46.4 Å². The largest absolute Gasteiger partial charge is 0.469 e. The number of hydrogen-bond donors (Lipinski definition) is 1. The molecule has 0 unspecified atom stereocenters. The van der Waals surface area contributed by atoms with Crippen LogP contribution in [0.4, 0.5) is 0 Å². The lowest BCUT2D eigenvalue weighted by Gasteiger charge is -2.08. The van der Waals surface area contributed by atoms with Gasteiger partial charge in [0.05, 0.1) is 7.11 Å². The summed E-state index contributed by atoms with van der Waals surface area (Å²) in [5.74, 6) is -0.245. The fourth-order valence-corrected chi connectivity index (χ4v) is 0.802.